The molecule has 5 N–H and O–H groups in total. The van der Waals surface area contributed by atoms with Gasteiger partial charge in [0.15, 0.2) is 0 Å². The third-order valence-corrected chi connectivity index (χ3v) is 1.34. The average Bonchev–Trinajstić information content (AvgIpc) is 1.88. The SMILES string of the molecule is C[C@H](C(=O)O)[C@H](NN)C(=O)O. The van der Waals surface area contributed by atoms with Gasteiger partial charge in [0.1, 0.15) is 6.04 Å². The van der Waals surface area contributed by atoms with E-state index < -0.39 is 23.9 Å². The summed E-state index contributed by atoms with van der Waals surface area (Å²) in [7, 11) is 0. The number of hydrogen-bond acceptors (Lipinski definition) is 4. The number of nitrogens with two attached hydrogens (primary N) is 1. The van der Waals surface area contributed by atoms with Crippen LogP contribution in [-0.2, 0) is 9.59 Å². The lowest BCUT2D eigenvalue weighted by Gasteiger charge is -2.14. The van der Waals surface area contributed by atoms with E-state index in [1.54, 1.807) is 0 Å². The summed E-state index contributed by atoms with van der Waals surface area (Å²) in [6.45, 7) is 1.26. The van der Waals surface area contributed by atoms with E-state index in [2.05, 4.69) is 0 Å². The van der Waals surface area contributed by atoms with E-state index >= 15 is 0 Å². The molecule has 0 aromatic carbocycles. The van der Waals surface area contributed by atoms with Crippen LogP contribution >= 0.6 is 0 Å². The molecular formula is C5H10N2O4. The Morgan fingerprint density at radius 2 is 1.82 bits per heavy atom. The molecule has 0 amide bonds. The minimum absolute atomic E-state index is 1.04. The zero-order chi connectivity index (χ0) is 9.02. The molecule has 0 spiro atoms. The first-order chi connectivity index (χ1) is 5.00. The number of rotatable bonds is 4. The van der Waals surface area contributed by atoms with Gasteiger partial charge in [0, 0.05) is 0 Å². The van der Waals surface area contributed by atoms with Crippen LogP contribution in [0.25, 0.3) is 0 Å². The Morgan fingerprint density at radius 3 is 1.91 bits per heavy atom. The zero-order valence-corrected chi connectivity index (χ0v) is 5.94. The maximum Gasteiger partial charge on any atom is 0.322 e. The predicted molar refractivity (Wildman–Crippen MR) is 35.5 cm³/mol. The Kier molecular flexibility index (Phi) is 3.49. The minimum atomic E-state index is -1.28. The molecule has 0 aromatic heterocycles. The molecule has 0 aromatic rings. The summed E-state index contributed by atoms with van der Waals surface area (Å²) < 4.78 is 0. The third kappa shape index (κ3) is 2.52. The van der Waals surface area contributed by atoms with Gasteiger partial charge in [-0.25, -0.2) is 5.43 Å². The van der Waals surface area contributed by atoms with Crippen molar-refractivity contribution in [2.24, 2.45) is 11.8 Å². The second kappa shape index (κ2) is 3.89. The fourth-order valence-electron chi connectivity index (χ4n) is 0.572. The summed E-state index contributed by atoms with van der Waals surface area (Å²) in [6.07, 6.45) is 0. The van der Waals surface area contributed by atoms with Crippen molar-refractivity contribution in [1.29, 1.82) is 0 Å². The van der Waals surface area contributed by atoms with Crippen molar-refractivity contribution < 1.29 is 19.8 Å². The zero-order valence-electron chi connectivity index (χ0n) is 5.94. The first-order valence-corrected chi connectivity index (χ1v) is 2.92. The molecule has 0 aliphatic carbocycles. The molecule has 0 aliphatic rings. The van der Waals surface area contributed by atoms with Crippen LogP contribution in [-0.4, -0.2) is 28.2 Å². The van der Waals surface area contributed by atoms with E-state index in [0.29, 0.717) is 0 Å². The van der Waals surface area contributed by atoms with Crippen LogP contribution in [0, 0.1) is 5.92 Å². The summed E-state index contributed by atoms with van der Waals surface area (Å²) >= 11 is 0. The molecule has 0 unspecified atom stereocenters. The van der Waals surface area contributed by atoms with E-state index in [1.165, 1.54) is 6.92 Å². The van der Waals surface area contributed by atoms with Crippen molar-refractivity contribution in [3.8, 4) is 0 Å². The number of aliphatic carboxylic acids is 2. The smallest absolute Gasteiger partial charge is 0.322 e. The summed E-state index contributed by atoms with van der Waals surface area (Å²) in [5.74, 6) is 1.30. The van der Waals surface area contributed by atoms with E-state index in [4.69, 9.17) is 16.1 Å². The second-order valence-electron chi connectivity index (χ2n) is 2.11. The van der Waals surface area contributed by atoms with Crippen molar-refractivity contribution in [1.82, 2.24) is 5.43 Å². The molecule has 11 heavy (non-hydrogen) atoms. The van der Waals surface area contributed by atoms with E-state index in [-0.39, 0.29) is 0 Å². The summed E-state index contributed by atoms with van der Waals surface area (Å²) in [6, 6.07) is -1.24. The molecule has 0 radical (unpaired) electrons. The largest absolute Gasteiger partial charge is 0.481 e. The molecule has 0 saturated carbocycles. The molecule has 6 heteroatoms. The molecule has 6 nitrogen and oxygen atoms in total. The second-order valence-corrected chi connectivity index (χ2v) is 2.11. The molecular weight excluding hydrogens is 152 g/mol. The molecule has 0 fully saturated rings. The van der Waals surface area contributed by atoms with Crippen molar-refractivity contribution in [2.45, 2.75) is 13.0 Å². The van der Waals surface area contributed by atoms with Crippen LogP contribution < -0.4 is 11.3 Å². The summed E-state index contributed by atoms with van der Waals surface area (Å²) in [4.78, 5) is 20.5. The fraction of sp³-hybridized carbons (Fsp3) is 0.600. The Balaban J connectivity index is 4.25. The molecule has 64 valence electrons. The lowest BCUT2D eigenvalue weighted by Crippen LogP contribution is -2.48. The fourth-order valence-corrected chi connectivity index (χ4v) is 0.572. The van der Waals surface area contributed by atoms with Crippen LogP contribution in [0.15, 0.2) is 0 Å². The summed E-state index contributed by atoms with van der Waals surface area (Å²) in [5, 5.41) is 16.8. The topological polar surface area (TPSA) is 113 Å². The molecule has 0 saturated heterocycles. The predicted octanol–water partition coefficient (Wildman–Crippen LogP) is -1.38. The van der Waals surface area contributed by atoms with Crippen molar-refractivity contribution in [3.05, 3.63) is 0 Å². The highest BCUT2D eigenvalue weighted by Crippen LogP contribution is 2.01. The van der Waals surface area contributed by atoms with Gasteiger partial charge in [0.05, 0.1) is 5.92 Å². The van der Waals surface area contributed by atoms with Crippen LogP contribution in [0.1, 0.15) is 6.92 Å². The maximum absolute atomic E-state index is 10.3. The molecule has 2 atom stereocenters. The number of carboxylic acids is 2. The van der Waals surface area contributed by atoms with Crippen molar-refractivity contribution in [3.63, 3.8) is 0 Å². The Labute approximate surface area is 63.0 Å². The first-order valence-electron chi connectivity index (χ1n) is 2.92. The standard InChI is InChI=1S/C5H10N2O4/c1-2(4(8)9)3(7-6)5(10)11/h2-3,7H,6H2,1H3,(H,8,9)(H,10,11)/t2-,3-/m0/s1. The van der Waals surface area contributed by atoms with Gasteiger partial charge >= 0.3 is 11.9 Å². The lowest BCUT2D eigenvalue weighted by molar-refractivity contribution is -0.150. The highest BCUT2D eigenvalue weighted by Gasteiger charge is 2.28. The molecule has 0 aliphatic heterocycles. The van der Waals surface area contributed by atoms with Gasteiger partial charge in [0.2, 0.25) is 0 Å². The monoisotopic (exact) mass is 162 g/mol. The van der Waals surface area contributed by atoms with E-state index in [1.807, 2.05) is 5.43 Å². The minimum Gasteiger partial charge on any atom is -0.481 e. The highest BCUT2D eigenvalue weighted by atomic mass is 16.4. The van der Waals surface area contributed by atoms with Crippen LogP contribution in [0.5, 0.6) is 0 Å². The highest BCUT2D eigenvalue weighted by molar-refractivity contribution is 5.82. The number of hydrogen-bond donors (Lipinski definition) is 4. The van der Waals surface area contributed by atoms with Gasteiger partial charge in [-0.3, -0.25) is 15.4 Å². The lowest BCUT2D eigenvalue weighted by atomic mass is 10.0. The van der Waals surface area contributed by atoms with Gasteiger partial charge in [-0.2, -0.15) is 0 Å². The van der Waals surface area contributed by atoms with Crippen molar-refractivity contribution >= 4 is 11.9 Å². The van der Waals surface area contributed by atoms with Crippen LogP contribution in [0.4, 0.5) is 0 Å². The number of carbonyl (C=O) groups is 2. The normalized spacial score (nSPS) is 15.5. The van der Waals surface area contributed by atoms with E-state index in [0.717, 1.165) is 0 Å². The van der Waals surface area contributed by atoms with Crippen LogP contribution in [0.3, 0.4) is 0 Å². The van der Waals surface area contributed by atoms with Crippen molar-refractivity contribution in [2.75, 3.05) is 0 Å². The maximum atomic E-state index is 10.3. The first kappa shape index (κ1) is 9.86. The van der Waals surface area contributed by atoms with Gasteiger partial charge < -0.3 is 10.2 Å². The Bertz CT molecular complexity index is 170. The van der Waals surface area contributed by atoms with Gasteiger partial charge in [-0.05, 0) is 6.92 Å². The van der Waals surface area contributed by atoms with E-state index in [9.17, 15) is 9.59 Å². The summed E-state index contributed by atoms with van der Waals surface area (Å²) in [5.41, 5.74) is 1.90. The molecule has 0 rings (SSSR count). The Morgan fingerprint density at radius 1 is 1.36 bits per heavy atom. The van der Waals surface area contributed by atoms with Crippen LogP contribution in [0.2, 0.25) is 0 Å². The molecule has 0 bridgehead atoms. The quantitative estimate of drug-likeness (QED) is 0.299. The van der Waals surface area contributed by atoms with Gasteiger partial charge in [0.25, 0.3) is 0 Å². The molecule has 0 heterocycles. The average molecular weight is 162 g/mol. The van der Waals surface area contributed by atoms with Gasteiger partial charge in [-0.1, -0.05) is 0 Å². The van der Waals surface area contributed by atoms with Gasteiger partial charge in [-0.15, -0.1) is 0 Å². The number of nitrogens with one attached hydrogen (secondary N) is 1. The number of hydrazine groups is 1. The third-order valence-electron chi connectivity index (χ3n) is 1.34. The Hall–Kier alpha value is -1.14. The number of carboxylic acid groups (broad SMARTS) is 2.